The molecule has 1 aromatic heterocycles. The summed E-state index contributed by atoms with van der Waals surface area (Å²) in [5.41, 5.74) is 0. The third kappa shape index (κ3) is 4.69. The quantitative estimate of drug-likeness (QED) is 0.683. The van der Waals surface area contributed by atoms with Crippen LogP contribution in [0.2, 0.25) is 0 Å². The molecule has 0 spiro atoms. The lowest BCUT2D eigenvalue weighted by atomic mass is 10.1. The first-order chi connectivity index (χ1) is 7.74. The second-order valence-corrected chi connectivity index (χ2v) is 4.76. The fourth-order valence-electron chi connectivity index (χ4n) is 1.70. The number of rotatable bonds is 8. The topological polar surface area (TPSA) is 29.9 Å². The maximum atomic E-state index is 4.34. The van der Waals surface area contributed by atoms with Gasteiger partial charge < -0.3 is 9.88 Å². The molecular formula is C13H25N3. The second kappa shape index (κ2) is 7.31. The van der Waals surface area contributed by atoms with Gasteiger partial charge in [0, 0.05) is 25.5 Å². The largest absolute Gasteiger partial charge is 0.356 e. The van der Waals surface area contributed by atoms with Crippen LogP contribution in [0.4, 0.5) is 5.95 Å². The Morgan fingerprint density at radius 2 is 2.19 bits per heavy atom. The average molecular weight is 223 g/mol. The van der Waals surface area contributed by atoms with E-state index in [1.165, 1.54) is 25.7 Å². The number of aromatic nitrogens is 2. The first-order valence-corrected chi connectivity index (χ1v) is 6.49. The van der Waals surface area contributed by atoms with Gasteiger partial charge in [0.15, 0.2) is 0 Å². The molecule has 0 saturated heterocycles. The Bertz CT molecular complexity index is 278. The summed E-state index contributed by atoms with van der Waals surface area (Å²) in [6.45, 7) is 8.85. The van der Waals surface area contributed by atoms with Gasteiger partial charge in [-0.15, -0.1) is 0 Å². The Balaban J connectivity index is 2.32. The van der Waals surface area contributed by atoms with Gasteiger partial charge >= 0.3 is 0 Å². The van der Waals surface area contributed by atoms with Gasteiger partial charge in [-0.25, -0.2) is 4.98 Å². The summed E-state index contributed by atoms with van der Waals surface area (Å²) < 4.78 is 2.22. The van der Waals surface area contributed by atoms with Gasteiger partial charge in [0.05, 0.1) is 0 Å². The lowest BCUT2D eigenvalue weighted by Gasteiger charge is -2.10. The van der Waals surface area contributed by atoms with E-state index < -0.39 is 0 Å². The predicted molar refractivity (Wildman–Crippen MR) is 69.7 cm³/mol. The van der Waals surface area contributed by atoms with Crippen molar-refractivity contribution in [2.24, 2.45) is 5.92 Å². The number of aryl methyl sites for hydroxylation is 1. The van der Waals surface area contributed by atoms with Crippen molar-refractivity contribution in [1.82, 2.24) is 9.55 Å². The fourth-order valence-corrected chi connectivity index (χ4v) is 1.70. The van der Waals surface area contributed by atoms with Crippen molar-refractivity contribution in [3.63, 3.8) is 0 Å². The summed E-state index contributed by atoms with van der Waals surface area (Å²) in [6.07, 6.45) is 8.89. The molecule has 1 aromatic rings. The Labute approximate surface area is 99.3 Å². The molecule has 0 fully saturated rings. The van der Waals surface area contributed by atoms with Crippen molar-refractivity contribution < 1.29 is 0 Å². The summed E-state index contributed by atoms with van der Waals surface area (Å²) in [6, 6.07) is 0. The molecule has 0 aliphatic carbocycles. The number of imidazole rings is 1. The molecule has 0 saturated carbocycles. The highest BCUT2D eigenvalue weighted by Gasteiger charge is 2.01. The third-order valence-corrected chi connectivity index (χ3v) is 2.71. The summed E-state index contributed by atoms with van der Waals surface area (Å²) in [4.78, 5) is 4.34. The summed E-state index contributed by atoms with van der Waals surface area (Å²) in [5, 5.41) is 3.38. The lowest BCUT2D eigenvalue weighted by molar-refractivity contribution is 0.513. The number of anilines is 1. The van der Waals surface area contributed by atoms with Crippen LogP contribution in [-0.2, 0) is 6.54 Å². The van der Waals surface area contributed by atoms with Crippen molar-refractivity contribution in [2.45, 2.75) is 53.0 Å². The van der Waals surface area contributed by atoms with E-state index in [1.54, 1.807) is 0 Å². The van der Waals surface area contributed by atoms with Crippen LogP contribution in [0.5, 0.6) is 0 Å². The van der Waals surface area contributed by atoms with Gasteiger partial charge in [-0.05, 0) is 25.2 Å². The van der Waals surface area contributed by atoms with Crippen molar-refractivity contribution in [3.05, 3.63) is 12.4 Å². The maximum Gasteiger partial charge on any atom is 0.202 e. The minimum absolute atomic E-state index is 0.792. The van der Waals surface area contributed by atoms with E-state index in [0.29, 0.717) is 0 Å². The van der Waals surface area contributed by atoms with Crippen LogP contribution in [0, 0.1) is 5.92 Å². The predicted octanol–water partition coefficient (Wildman–Crippen LogP) is 3.53. The van der Waals surface area contributed by atoms with Crippen LogP contribution in [0.1, 0.15) is 46.5 Å². The van der Waals surface area contributed by atoms with Gasteiger partial charge in [0.25, 0.3) is 0 Å². The Morgan fingerprint density at radius 3 is 2.88 bits per heavy atom. The molecule has 0 unspecified atom stereocenters. The van der Waals surface area contributed by atoms with E-state index in [1.807, 2.05) is 6.20 Å². The highest BCUT2D eigenvalue weighted by atomic mass is 15.2. The number of nitrogens with zero attached hydrogens (tertiary/aromatic N) is 2. The van der Waals surface area contributed by atoms with Crippen LogP contribution < -0.4 is 5.32 Å². The normalized spacial score (nSPS) is 11.0. The summed E-state index contributed by atoms with van der Waals surface area (Å²) in [7, 11) is 0. The van der Waals surface area contributed by atoms with E-state index in [9.17, 15) is 0 Å². The molecule has 92 valence electrons. The molecule has 0 aromatic carbocycles. The second-order valence-electron chi connectivity index (χ2n) is 4.76. The van der Waals surface area contributed by atoms with Crippen molar-refractivity contribution in [3.8, 4) is 0 Å². The highest BCUT2D eigenvalue weighted by molar-refractivity contribution is 5.25. The van der Waals surface area contributed by atoms with Gasteiger partial charge in [0.2, 0.25) is 5.95 Å². The van der Waals surface area contributed by atoms with E-state index >= 15 is 0 Å². The van der Waals surface area contributed by atoms with E-state index in [-0.39, 0.29) is 0 Å². The molecule has 3 nitrogen and oxygen atoms in total. The molecule has 3 heteroatoms. The molecule has 0 aliphatic heterocycles. The Hall–Kier alpha value is -0.990. The third-order valence-electron chi connectivity index (χ3n) is 2.71. The standard InChI is InChI=1S/C13H25N3/c1-4-5-8-14-13-15-9-11-16(13)10-6-7-12(2)3/h9,11-12H,4-8,10H2,1-3H3,(H,14,15). The number of unbranched alkanes of at least 4 members (excludes halogenated alkanes) is 1. The number of hydrogen-bond acceptors (Lipinski definition) is 2. The summed E-state index contributed by atoms with van der Waals surface area (Å²) >= 11 is 0. The van der Waals surface area contributed by atoms with Crippen LogP contribution in [0.15, 0.2) is 12.4 Å². The van der Waals surface area contributed by atoms with Crippen LogP contribution in [0.25, 0.3) is 0 Å². The molecule has 0 atom stereocenters. The van der Waals surface area contributed by atoms with Gasteiger partial charge in [-0.3, -0.25) is 0 Å². The van der Waals surface area contributed by atoms with Crippen molar-refractivity contribution >= 4 is 5.95 Å². The van der Waals surface area contributed by atoms with Crippen LogP contribution in [0.3, 0.4) is 0 Å². The van der Waals surface area contributed by atoms with Crippen molar-refractivity contribution in [1.29, 1.82) is 0 Å². The molecule has 0 radical (unpaired) electrons. The Morgan fingerprint density at radius 1 is 1.38 bits per heavy atom. The monoisotopic (exact) mass is 223 g/mol. The first-order valence-electron chi connectivity index (χ1n) is 6.49. The maximum absolute atomic E-state index is 4.34. The van der Waals surface area contributed by atoms with Crippen molar-refractivity contribution in [2.75, 3.05) is 11.9 Å². The molecular weight excluding hydrogens is 198 g/mol. The van der Waals surface area contributed by atoms with E-state index in [2.05, 4.69) is 41.8 Å². The SMILES string of the molecule is CCCCNc1nccn1CCCC(C)C. The highest BCUT2D eigenvalue weighted by Crippen LogP contribution is 2.09. The average Bonchev–Trinajstić information content (AvgIpc) is 2.66. The van der Waals surface area contributed by atoms with Crippen LogP contribution in [-0.4, -0.2) is 16.1 Å². The molecule has 1 N–H and O–H groups in total. The van der Waals surface area contributed by atoms with E-state index in [0.717, 1.165) is 25.0 Å². The van der Waals surface area contributed by atoms with Gasteiger partial charge in [0.1, 0.15) is 0 Å². The number of nitrogens with one attached hydrogen (secondary N) is 1. The van der Waals surface area contributed by atoms with Crippen LogP contribution >= 0.6 is 0 Å². The zero-order valence-corrected chi connectivity index (χ0v) is 10.9. The van der Waals surface area contributed by atoms with Gasteiger partial charge in [-0.1, -0.05) is 27.2 Å². The zero-order valence-electron chi connectivity index (χ0n) is 10.9. The smallest absolute Gasteiger partial charge is 0.202 e. The van der Waals surface area contributed by atoms with Gasteiger partial charge in [-0.2, -0.15) is 0 Å². The minimum Gasteiger partial charge on any atom is -0.356 e. The molecule has 1 rings (SSSR count). The molecule has 0 amide bonds. The van der Waals surface area contributed by atoms with E-state index in [4.69, 9.17) is 0 Å². The molecule has 16 heavy (non-hydrogen) atoms. The summed E-state index contributed by atoms with van der Waals surface area (Å²) in [5.74, 6) is 1.82. The fraction of sp³-hybridized carbons (Fsp3) is 0.769. The number of hydrogen-bond donors (Lipinski definition) is 1. The Kier molecular flexibility index (Phi) is 5.98. The zero-order chi connectivity index (χ0) is 11.8. The molecule has 0 bridgehead atoms. The molecule has 1 heterocycles. The first kappa shape index (κ1) is 13.1. The minimum atomic E-state index is 0.792. The molecule has 0 aliphatic rings. The lowest BCUT2D eigenvalue weighted by Crippen LogP contribution is -2.09.